The monoisotopic (exact) mass is 303 g/mol. The summed E-state index contributed by atoms with van der Waals surface area (Å²) in [6, 6.07) is 2.15. The number of piperazine rings is 1. The lowest BCUT2D eigenvalue weighted by atomic mass is 10.2. The van der Waals surface area contributed by atoms with Gasteiger partial charge in [0.15, 0.2) is 0 Å². The molecular formula is C15H21N5O2. The molecule has 0 radical (unpaired) electrons. The highest BCUT2D eigenvalue weighted by atomic mass is 16.6. The SMILES string of the molecule is Cc1ncnc(N2CCN(C(=O)OC(C)(C)C)CC2)c1C#N. The maximum absolute atomic E-state index is 12.0. The van der Waals surface area contributed by atoms with Gasteiger partial charge in [-0.05, 0) is 27.7 Å². The number of ether oxygens (including phenoxy) is 1. The Bertz CT molecular complexity index is 595. The summed E-state index contributed by atoms with van der Waals surface area (Å²) >= 11 is 0. The van der Waals surface area contributed by atoms with Gasteiger partial charge in [0.1, 0.15) is 29.4 Å². The van der Waals surface area contributed by atoms with Crippen LogP contribution in [0.25, 0.3) is 0 Å². The highest BCUT2D eigenvalue weighted by Gasteiger charge is 2.27. The molecule has 1 aromatic heterocycles. The van der Waals surface area contributed by atoms with Crippen molar-refractivity contribution in [2.75, 3.05) is 31.1 Å². The van der Waals surface area contributed by atoms with Crippen LogP contribution in [0.4, 0.5) is 10.6 Å². The molecule has 0 bridgehead atoms. The van der Waals surface area contributed by atoms with Gasteiger partial charge in [-0.15, -0.1) is 0 Å². The molecule has 0 saturated carbocycles. The summed E-state index contributed by atoms with van der Waals surface area (Å²) in [5, 5.41) is 9.26. The maximum Gasteiger partial charge on any atom is 0.410 e. The Morgan fingerprint density at radius 2 is 1.91 bits per heavy atom. The van der Waals surface area contributed by atoms with Crippen LogP contribution in [-0.2, 0) is 4.74 Å². The van der Waals surface area contributed by atoms with Gasteiger partial charge in [-0.1, -0.05) is 0 Å². The van der Waals surface area contributed by atoms with Crippen molar-refractivity contribution in [3.05, 3.63) is 17.6 Å². The van der Waals surface area contributed by atoms with Gasteiger partial charge in [0.05, 0.1) is 5.69 Å². The van der Waals surface area contributed by atoms with Crippen molar-refractivity contribution in [2.24, 2.45) is 0 Å². The lowest BCUT2D eigenvalue weighted by molar-refractivity contribution is 0.0240. The molecule has 0 N–H and O–H groups in total. The number of aromatic nitrogens is 2. The Morgan fingerprint density at radius 1 is 1.27 bits per heavy atom. The fourth-order valence-corrected chi connectivity index (χ4v) is 2.26. The second-order valence-corrected chi connectivity index (χ2v) is 6.22. The van der Waals surface area contributed by atoms with Crippen molar-refractivity contribution < 1.29 is 9.53 Å². The summed E-state index contributed by atoms with van der Waals surface area (Å²) in [7, 11) is 0. The van der Waals surface area contributed by atoms with Gasteiger partial charge in [0, 0.05) is 26.2 Å². The van der Waals surface area contributed by atoms with Crippen LogP contribution in [0.3, 0.4) is 0 Å². The quantitative estimate of drug-likeness (QED) is 0.785. The molecule has 1 aliphatic rings. The summed E-state index contributed by atoms with van der Waals surface area (Å²) < 4.78 is 5.37. The van der Waals surface area contributed by atoms with Crippen molar-refractivity contribution in [1.82, 2.24) is 14.9 Å². The first-order valence-corrected chi connectivity index (χ1v) is 7.26. The number of carbonyl (C=O) groups is 1. The molecule has 1 aliphatic heterocycles. The minimum Gasteiger partial charge on any atom is -0.444 e. The third kappa shape index (κ3) is 3.64. The molecule has 2 rings (SSSR count). The van der Waals surface area contributed by atoms with Crippen LogP contribution in [-0.4, -0.2) is 52.7 Å². The summed E-state index contributed by atoms with van der Waals surface area (Å²) in [6.45, 7) is 9.67. The first kappa shape index (κ1) is 16.0. The van der Waals surface area contributed by atoms with Gasteiger partial charge < -0.3 is 14.5 Å². The van der Waals surface area contributed by atoms with Gasteiger partial charge in [-0.3, -0.25) is 0 Å². The molecule has 7 nitrogen and oxygen atoms in total. The van der Waals surface area contributed by atoms with Gasteiger partial charge in [-0.2, -0.15) is 5.26 Å². The van der Waals surface area contributed by atoms with Crippen LogP contribution in [0.1, 0.15) is 32.0 Å². The largest absolute Gasteiger partial charge is 0.444 e. The zero-order valence-corrected chi connectivity index (χ0v) is 13.5. The highest BCUT2D eigenvalue weighted by Crippen LogP contribution is 2.20. The minimum atomic E-state index is -0.494. The normalized spacial score (nSPS) is 15.4. The van der Waals surface area contributed by atoms with Crippen molar-refractivity contribution >= 4 is 11.9 Å². The number of hydrogen-bond donors (Lipinski definition) is 0. The van der Waals surface area contributed by atoms with Crippen LogP contribution in [0.2, 0.25) is 0 Å². The number of carbonyl (C=O) groups excluding carboxylic acids is 1. The topological polar surface area (TPSA) is 82.3 Å². The van der Waals surface area contributed by atoms with E-state index in [1.807, 2.05) is 25.7 Å². The number of hydrogen-bond acceptors (Lipinski definition) is 6. The second-order valence-electron chi connectivity index (χ2n) is 6.22. The van der Waals surface area contributed by atoms with Crippen molar-refractivity contribution in [3.8, 4) is 6.07 Å². The van der Waals surface area contributed by atoms with E-state index in [-0.39, 0.29) is 6.09 Å². The summed E-state index contributed by atoms with van der Waals surface area (Å²) in [4.78, 5) is 24.0. The fourth-order valence-electron chi connectivity index (χ4n) is 2.26. The second kappa shape index (κ2) is 6.18. The first-order valence-electron chi connectivity index (χ1n) is 7.26. The van der Waals surface area contributed by atoms with E-state index in [9.17, 15) is 10.1 Å². The standard InChI is InChI=1S/C15H21N5O2/c1-11-12(9-16)13(18-10-17-11)19-5-7-20(8-6-19)14(21)22-15(2,3)4/h10H,5-8H2,1-4H3. The van der Waals surface area contributed by atoms with Crippen LogP contribution < -0.4 is 4.90 Å². The van der Waals surface area contributed by atoms with Crippen molar-refractivity contribution in [2.45, 2.75) is 33.3 Å². The Morgan fingerprint density at radius 3 is 2.45 bits per heavy atom. The highest BCUT2D eigenvalue weighted by molar-refractivity contribution is 5.68. The predicted octanol–water partition coefficient (Wildman–Crippen LogP) is 1.71. The van der Waals surface area contributed by atoms with Crippen molar-refractivity contribution in [3.63, 3.8) is 0 Å². The zero-order chi connectivity index (χ0) is 16.3. The number of amides is 1. The summed E-state index contributed by atoms with van der Waals surface area (Å²) in [6.07, 6.45) is 1.16. The number of nitriles is 1. The molecule has 0 aromatic carbocycles. The Hall–Kier alpha value is -2.36. The van der Waals surface area contributed by atoms with Crippen LogP contribution in [0.5, 0.6) is 0 Å². The lowest BCUT2D eigenvalue weighted by Gasteiger charge is -2.36. The lowest BCUT2D eigenvalue weighted by Crippen LogP contribution is -2.50. The molecule has 0 unspecified atom stereocenters. The van der Waals surface area contributed by atoms with E-state index in [0.29, 0.717) is 43.3 Å². The van der Waals surface area contributed by atoms with Crippen LogP contribution in [0.15, 0.2) is 6.33 Å². The third-order valence-electron chi connectivity index (χ3n) is 3.36. The number of aryl methyl sites for hydroxylation is 1. The first-order chi connectivity index (χ1) is 10.3. The van der Waals surface area contributed by atoms with Crippen LogP contribution >= 0.6 is 0 Å². The molecule has 1 amide bonds. The average molecular weight is 303 g/mol. The van der Waals surface area contributed by atoms with E-state index in [2.05, 4.69) is 16.0 Å². The minimum absolute atomic E-state index is 0.300. The van der Waals surface area contributed by atoms with E-state index in [0.717, 1.165) is 0 Å². The maximum atomic E-state index is 12.0. The van der Waals surface area contributed by atoms with Gasteiger partial charge in [0.25, 0.3) is 0 Å². The smallest absolute Gasteiger partial charge is 0.410 e. The molecule has 0 spiro atoms. The molecule has 1 aromatic rings. The molecule has 1 saturated heterocycles. The van der Waals surface area contributed by atoms with E-state index in [1.54, 1.807) is 11.8 Å². The summed E-state index contributed by atoms with van der Waals surface area (Å²) in [5.41, 5.74) is 0.668. The predicted molar refractivity (Wildman–Crippen MR) is 81.5 cm³/mol. The Balaban J connectivity index is 2.03. The van der Waals surface area contributed by atoms with E-state index in [4.69, 9.17) is 4.74 Å². The molecular weight excluding hydrogens is 282 g/mol. The number of rotatable bonds is 1. The Labute approximate surface area is 130 Å². The van der Waals surface area contributed by atoms with Gasteiger partial charge in [0.2, 0.25) is 0 Å². The fraction of sp³-hybridized carbons (Fsp3) is 0.600. The molecule has 1 fully saturated rings. The van der Waals surface area contributed by atoms with E-state index >= 15 is 0 Å². The molecule has 118 valence electrons. The number of anilines is 1. The number of nitrogens with zero attached hydrogens (tertiary/aromatic N) is 5. The average Bonchev–Trinajstić information content (AvgIpc) is 2.45. The van der Waals surface area contributed by atoms with E-state index in [1.165, 1.54) is 6.33 Å². The van der Waals surface area contributed by atoms with E-state index < -0.39 is 5.60 Å². The Kier molecular flexibility index (Phi) is 4.50. The van der Waals surface area contributed by atoms with Crippen LogP contribution in [0, 0.1) is 18.3 Å². The van der Waals surface area contributed by atoms with Gasteiger partial charge in [-0.25, -0.2) is 14.8 Å². The molecule has 7 heteroatoms. The zero-order valence-electron chi connectivity index (χ0n) is 13.5. The summed E-state index contributed by atoms with van der Waals surface area (Å²) in [5.74, 6) is 0.638. The van der Waals surface area contributed by atoms with Gasteiger partial charge >= 0.3 is 6.09 Å². The molecule has 2 heterocycles. The molecule has 22 heavy (non-hydrogen) atoms. The molecule has 0 aliphatic carbocycles. The molecule has 0 atom stereocenters. The van der Waals surface area contributed by atoms with Crippen molar-refractivity contribution in [1.29, 1.82) is 5.26 Å². The third-order valence-corrected chi connectivity index (χ3v) is 3.36.